The molecule has 2 aliphatic heterocycles. The number of aromatic hydroxyl groups is 2. The van der Waals surface area contributed by atoms with Crippen LogP contribution in [0.5, 0.6) is 17.2 Å². The van der Waals surface area contributed by atoms with E-state index in [1.165, 1.54) is 44.4 Å². The van der Waals surface area contributed by atoms with Gasteiger partial charge in [-0.25, -0.2) is 0 Å². The van der Waals surface area contributed by atoms with E-state index in [0.29, 0.717) is 19.3 Å². The second-order valence-electron chi connectivity index (χ2n) is 21.0. The van der Waals surface area contributed by atoms with Gasteiger partial charge < -0.3 is 94.6 Å². The van der Waals surface area contributed by atoms with E-state index in [4.69, 9.17) is 37.1 Å². The first kappa shape index (κ1) is 67.0. The first-order valence-electron chi connectivity index (χ1n) is 27.9. The van der Waals surface area contributed by atoms with Crippen LogP contribution < -0.4 is 59.6 Å². The van der Waals surface area contributed by atoms with Crippen molar-refractivity contribution >= 4 is 76.5 Å². The van der Waals surface area contributed by atoms with E-state index in [2.05, 4.69) is 41.9 Å². The predicted molar refractivity (Wildman–Crippen MR) is 303 cm³/mol. The Morgan fingerprint density at radius 3 is 1.94 bits per heavy atom. The third-order valence-electron chi connectivity index (χ3n) is 14.8. The number of nitrogens with two attached hydrogens (primary N) is 4. The molecular weight excluding hydrogens is 1150 g/mol. The fraction of sp³-hybridized carbons (Fsp3) is 0.509. The van der Waals surface area contributed by atoms with Crippen molar-refractivity contribution < 1.29 is 92.5 Å². The third kappa shape index (κ3) is 17.1. The van der Waals surface area contributed by atoms with E-state index in [1.807, 2.05) is 0 Å². The molecule has 1 saturated heterocycles. The fourth-order valence-corrected chi connectivity index (χ4v) is 10.3. The average Bonchev–Trinajstić information content (AvgIpc) is 1.06. The molecule has 87 heavy (non-hydrogen) atoms. The summed E-state index contributed by atoms with van der Waals surface area (Å²) in [7, 11) is 1.26. The van der Waals surface area contributed by atoms with Crippen molar-refractivity contribution in [1.82, 2.24) is 36.8 Å². The van der Waals surface area contributed by atoms with Gasteiger partial charge in [-0.15, -0.1) is 0 Å². The number of benzene rings is 2. The number of hydrogen-bond acceptors (Lipinski definition) is 21. The van der Waals surface area contributed by atoms with Gasteiger partial charge in [-0.3, -0.25) is 67.6 Å². The molecular formula is C55H73N13O19. The van der Waals surface area contributed by atoms with Crippen LogP contribution in [0.4, 0.5) is 0 Å². The number of hydrogen-bond donors (Lipinski definition) is 15. The van der Waals surface area contributed by atoms with Crippen molar-refractivity contribution in [3.05, 3.63) is 63.7 Å². The summed E-state index contributed by atoms with van der Waals surface area (Å²) in [6.07, 6.45) is -3.86. The van der Waals surface area contributed by atoms with Crippen LogP contribution in [-0.4, -0.2) is 202 Å². The van der Waals surface area contributed by atoms with Crippen molar-refractivity contribution in [2.24, 2.45) is 32.9 Å². The van der Waals surface area contributed by atoms with E-state index in [9.17, 15) is 78.3 Å². The summed E-state index contributed by atoms with van der Waals surface area (Å²) >= 11 is 0. The maximum atomic E-state index is 14.4. The molecule has 32 nitrogen and oxygen atoms in total. The highest BCUT2D eigenvalue weighted by Crippen LogP contribution is 2.52. The van der Waals surface area contributed by atoms with Crippen LogP contribution in [0.2, 0.25) is 0 Å². The number of methoxy groups -OCH3 is 1. The number of aliphatic hydroxyl groups excluding tert-OH is 2. The van der Waals surface area contributed by atoms with Crippen LogP contribution in [0.3, 0.4) is 0 Å². The van der Waals surface area contributed by atoms with Crippen LogP contribution in [0, 0.1) is 0 Å². The van der Waals surface area contributed by atoms with Gasteiger partial charge in [0.05, 0.1) is 61.7 Å². The molecule has 0 spiro atoms. The molecule has 2 aromatic rings. The van der Waals surface area contributed by atoms with Crippen molar-refractivity contribution in [1.29, 1.82) is 0 Å². The van der Waals surface area contributed by atoms with Crippen molar-refractivity contribution in [3.63, 3.8) is 0 Å². The minimum Gasteiger partial charge on any atom is -0.507 e. The van der Waals surface area contributed by atoms with E-state index in [-0.39, 0.29) is 91.7 Å². The number of unbranched alkanes of at least 4 members (excludes halogenated alkanes) is 2. The molecule has 3 unspecified atom stereocenters. The molecule has 2 heterocycles. The largest absolute Gasteiger partial charge is 0.507 e. The van der Waals surface area contributed by atoms with Crippen LogP contribution in [0.1, 0.15) is 120 Å². The van der Waals surface area contributed by atoms with E-state index < -0.39 is 181 Å². The zero-order valence-electron chi connectivity index (χ0n) is 47.8. The predicted octanol–water partition coefficient (Wildman–Crippen LogP) is -4.93. The quantitative estimate of drug-likeness (QED) is 0.00978. The number of nitrogens with zero attached hydrogens (tertiary/aromatic N) is 3. The Balaban J connectivity index is 1.11. The lowest BCUT2D eigenvalue weighted by Gasteiger charge is -2.43. The molecule has 0 radical (unpaired) electrons. The van der Waals surface area contributed by atoms with Crippen molar-refractivity contribution in [3.8, 4) is 17.2 Å². The topological polar surface area (TPSA) is 521 Å². The maximum absolute atomic E-state index is 14.4. The number of phenolic OH excluding ortho intramolecular Hbond substituents is 2. The van der Waals surface area contributed by atoms with Gasteiger partial charge in [0, 0.05) is 74.2 Å². The van der Waals surface area contributed by atoms with Gasteiger partial charge in [0.15, 0.2) is 29.8 Å². The fourth-order valence-electron chi connectivity index (χ4n) is 10.3. The zero-order chi connectivity index (χ0) is 63.9. The number of guanidine groups is 2. The van der Waals surface area contributed by atoms with Crippen LogP contribution in [0.25, 0.3) is 0 Å². The first-order valence-corrected chi connectivity index (χ1v) is 27.9. The maximum Gasteiger partial charge on any atom is 0.253 e. The number of carbonyl (C=O) groups is 11. The Hall–Kier alpha value is -9.11. The number of carbonyl (C=O) groups excluding carboxylic acids is 11. The highest BCUT2D eigenvalue weighted by atomic mass is 16.7. The van der Waals surface area contributed by atoms with E-state index in [0.717, 1.165) is 4.90 Å². The minimum absolute atomic E-state index is 0.00165. The number of amides is 8. The average molecular weight is 1220 g/mol. The van der Waals surface area contributed by atoms with Gasteiger partial charge in [-0.1, -0.05) is 18.6 Å². The summed E-state index contributed by atoms with van der Waals surface area (Å²) < 4.78 is 17.6. The monoisotopic (exact) mass is 1220 g/mol. The lowest BCUT2D eigenvalue weighted by atomic mass is 9.72. The number of phenols is 2. The number of rotatable bonds is 30. The van der Waals surface area contributed by atoms with Gasteiger partial charge in [0.2, 0.25) is 41.2 Å². The molecule has 19 N–H and O–H groups in total. The Kier molecular flexibility index (Phi) is 23.3. The summed E-state index contributed by atoms with van der Waals surface area (Å²) in [5.74, 6) is -10.6. The van der Waals surface area contributed by atoms with Gasteiger partial charge in [0.25, 0.3) is 11.8 Å². The summed E-state index contributed by atoms with van der Waals surface area (Å²) in [5, 5.41) is 71.7. The molecule has 0 aromatic heterocycles. The number of imide groups is 1. The van der Waals surface area contributed by atoms with Crippen molar-refractivity contribution in [2.45, 2.75) is 126 Å². The van der Waals surface area contributed by atoms with Gasteiger partial charge in [-0.05, 0) is 51.5 Å². The number of aliphatic imine (C=N–C) groups is 2. The van der Waals surface area contributed by atoms with Gasteiger partial charge >= 0.3 is 0 Å². The number of fused-ring (bicyclic) bond motifs is 3. The molecule has 1 fully saturated rings. The van der Waals surface area contributed by atoms with Crippen molar-refractivity contribution in [2.75, 3.05) is 53.0 Å². The lowest BCUT2D eigenvalue weighted by molar-refractivity contribution is -0.249. The normalized spacial score (nSPS) is 20.8. The van der Waals surface area contributed by atoms with Crippen LogP contribution >= 0.6 is 0 Å². The second kappa shape index (κ2) is 30.3. The van der Waals surface area contributed by atoms with Gasteiger partial charge in [-0.2, -0.15) is 0 Å². The summed E-state index contributed by atoms with van der Waals surface area (Å²) in [5.41, 5.74) is 17.2. The highest BCUT2D eigenvalue weighted by molar-refractivity contribution is 6.31. The first-order chi connectivity index (χ1) is 41.3. The third-order valence-corrected chi connectivity index (χ3v) is 14.8. The second-order valence-corrected chi connectivity index (χ2v) is 21.0. The Morgan fingerprint density at radius 2 is 1.34 bits per heavy atom. The molecule has 8 amide bonds. The van der Waals surface area contributed by atoms with Gasteiger partial charge in [0.1, 0.15) is 47.6 Å². The summed E-state index contributed by atoms with van der Waals surface area (Å²) in [4.78, 5) is 153. The highest BCUT2D eigenvalue weighted by Gasteiger charge is 2.51. The number of Topliss-reactive ketones (excluding diaryl/α,β-unsaturated/α-hetero) is 1. The number of ether oxygens (including phenoxy) is 3. The summed E-state index contributed by atoms with van der Waals surface area (Å²) in [6, 6.07) is 0.0543. The molecule has 6 rings (SSSR count). The zero-order valence-corrected chi connectivity index (χ0v) is 47.8. The van der Waals surface area contributed by atoms with E-state index in [1.54, 1.807) is 0 Å². The molecule has 0 bridgehead atoms. The molecule has 32 heteroatoms. The Bertz CT molecular complexity index is 3090. The minimum atomic E-state index is -2.49. The number of ketones is 3. The van der Waals surface area contributed by atoms with Crippen LogP contribution in [-0.2, 0) is 59.0 Å². The molecule has 472 valence electrons. The van der Waals surface area contributed by atoms with E-state index >= 15 is 0 Å². The SMILES string of the molecule is COc1cccc2c1C(=O)c1c(O)c3c(c(O)c1C2=O)C[C@](O)(C(=O)CO)CC3O[C@@H]1C[C@@H](NC(=O)C(CCCN=C(N)N)NC(=O)C(CCCN=C(N)N)NC(=O)CNC(=O)CNC(=O)CNC(=O)CCCCCN2C(=O)C=CC2=O)[C@@H](O)[C@@H](C)O1. The lowest BCUT2D eigenvalue weighted by Crippen LogP contribution is -2.60. The number of nitrogens with one attached hydrogen (secondary N) is 6. The summed E-state index contributed by atoms with van der Waals surface area (Å²) in [6.45, 7) is -1.34. The molecule has 8 atom stereocenters. The Morgan fingerprint density at radius 1 is 0.759 bits per heavy atom. The smallest absolute Gasteiger partial charge is 0.253 e. The molecule has 2 aromatic carbocycles. The van der Waals surface area contributed by atoms with Crippen LogP contribution in [0.15, 0.2) is 40.3 Å². The Labute approximate surface area is 497 Å². The molecule has 2 aliphatic carbocycles. The standard InChI is InChI=1S/C55H73N13O19/c1-26-46(77)31(19-41(86-26)87-33-21-55(84,34(70)25-69)20-28-43(33)50(81)45-44(48(28)79)47(78)27-9-6-12-32(85-2)42(27)49(45)80)67-52(83)30(11-8-17-61-54(58)59)66-51(82)29(10-7-16-60-53(56)57)65-38(74)24-64-37(73)23-63-36(72)22-62-35(71)13-4-3-5-18-68-39(75)14-15-40(68)76/h6,9,12,14-15,26,29-31,33,41,46,69,77,79,81,84H,3-5,7-8,10-11,13,16-25H2,1-2H3,(H,62,71)(H,63,72)(H,64,73)(H,65,74)(H,66,82)(H,67,83)(H4,56,57,60)(H4,58,59,61)/t26-,29?,30?,31-,33?,41-,46+,55-/m1/s1. The molecule has 0 saturated carbocycles. The number of aliphatic hydroxyl groups is 3. The molecule has 4 aliphatic rings.